The first-order valence-corrected chi connectivity index (χ1v) is 11.0. The molecule has 34 heavy (non-hydrogen) atoms. The molecule has 3 aromatic rings. The van der Waals surface area contributed by atoms with Crippen molar-refractivity contribution in [2.45, 2.75) is 13.0 Å². The Morgan fingerprint density at radius 1 is 1.00 bits per heavy atom. The monoisotopic (exact) mass is 477 g/mol. The average Bonchev–Trinajstić information content (AvgIpc) is 2.84. The molecule has 1 unspecified atom stereocenters. The minimum absolute atomic E-state index is 0.311. The Morgan fingerprint density at radius 2 is 1.68 bits per heavy atom. The fraction of sp³-hybridized carbons (Fsp3) is 0.154. The first-order valence-electron chi connectivity index (χ1n) is 10.6. The Bertz CT molecular complexity index is 1240. The number of hydrogen-bond donors (Lipinski definition) is 2. The molecule has 3 aromatic carbocycles. The van der Waals surface area contributed by atoms with Crippen LogP contribution < -0.4 is 25.0 Å². The maximum Gasteiger partial charge on any atom is 0.255 e. The highest BCUT2D eigenvalue weighted by Crippen LogP contribution is 2.35. The molecule has 2 N–H and O–H groups in total. The maximum absolute atomic E-state index is 13.6. The van der Waals surface area contributed by atoms with E-state index in [1.165, 1.54) is 12.1 Å². The van der Waals surface area contributed by atoms with Crippen molar-refractivity contribution in [3.63, 3.8) is 0 Å². The molecule has 0 bridgehead atoms. The van der Waals surface area contributed by atoms with E-state index in [0.29, 0.717) is 39.1 Å². The summed E-state index contributed by atoms with van der Waals surface area (Å²) in [7, 11) is 3.17. The zero-order valence-corrected chi connectivity index (χ0v) is 19.8. The summed E-state index contributed by atoms with van der Waals surface area (Å²) in [5.41, 5.74) is 3.20. The molecular weight excluding hydrogens is 453 g/mol. The van der Waals surface area contributed by atoms with E-state index in [4.69, 9.17) is 21.7 Å². The van der Waals surface area contributed by atoms with Crippen molar-refractivity contribution in [2.24, 2.45) is 0 Å². The fourth-order valence-corrected chi connectivity index (χ4v) is 4.24. The molecule has 1 heterocycles. The summed E-state index contributed by atoms with van der Waals surface area (Å²) in [6, 6.07) is 20.0. The first-order chi connectivity index (χ1) is 16.4. The minimum Gasteiger partial charge on any atom is -0.497 e. The van der Waals surface area contributed by atoms with Crippen LogP contribution in [0.15, 0.2) is 84.1 Å². The molecule has 0 saturated heterocycles. The number of nitrogens with zero attached hydrogens (tertiary/aromatic N) is 1. The van der Waals surface area contributed by atoms with Crippen LogP contribution in [0.25, 0.3) is 0 Å². The van der Waals surface area contributed by atoms with Crippen molar-refractivity contribution in [1.82, 2.24) is 5.32 Å². The third-order valence-corrected chi connectivity index (χ3v) is 5.89. The number of allylic oxidation sites excluding steroid dienone is 1. The van der Waals surface area contributed by atoms with Crippen LogP contribution in [0.4, 0.5) is 15.8 Å². The van der Waals surface area contributed by atoms with E-state index in [1.807, 2.05) is 31.2 Å². The van der Waals surface area contributed by atoms with Gasteiger partial charge in [-0.1, -0.05) is 18.2 Å². The number of methoxy groups -OCH3 is 2. The van der Waals surface area contributed by atoms with Gasteiger partial charge in [0.25, 0.3) is 5.91 Å². The minimum atomic E-state index is -0.562. The summed E-state index contributed by atoms with van der Waals surface area (Å²) < 4.78 is 24.1. The maximum atomic E-state index is 13.6. The predicted octanol–water partition coefficient (Wildman–Crippen LogP) is 5.19. The van der Waals surface area contributed by atoms with Gasteiger partial charge in [-0.15, -0.1) is 0 Å². The van der Waals surface area contributed by atoms with Gasteiger partial charge in [-0.3, -0.25) is 9.69 Å². The zero-order chi connectivity index (χ0) is 24.2. The number of halogens is 1. The lowest BCUT2D eigenvalue weighted by Crippen LogP contribution is -2.48. The van der Waals surface area contributed by atoms with Crippen LogP contribution in [0.5, 0.6) is 11.5 Å². The second kappa shape index (κ2) is 9.93. The van der Waals surface area contributed by atoms with E-state index < -0.39 is 6.04 Å². The Balaban J connectivity index is 1.78. The summed E-state index contributed by atoms with van der Waals surface area (Å²) in [6.45, 7) is 1.84. The number of thiocarbonyl (C=S) groups is 1. The lowest BCUT2D eigenvalue weighted by Gasteiger charge is -2.38. The van der Waals surface area contributed by atoms with Gasteiger partial charge < -0.3 is 20.1 Å². The summed E-state index contributed by atoms with van der Waals surface area (Å²) in [4.78, 5) is 15.4. The third-order valence-electron chi connectivity index (χ3n) is 5.59. The number of ether oxygens (including phenoxy) is 2. The molecule has 1 atom stereocenters. The number of anilines is 2. The van der Waals surface area contributed by atoms with Crippen LogP contribution in [0.1, 0.15) is 18.5 Å². The van der Waals surface area contributed by atoms with Gasteiger partial charge in [0.05, 0.1) is 25.8 Å². The van der Waals surface area contributed by atoms with Crippen molar-refractivity contribution in [2.75, 3.05) is 24.4 Å². The topological polar surface area (TPSA) is 62.8 Å². The molecule has 0 aromatic heterocycles. The highest BCUT2D eigenvalue weighted by Gasteiger charge is 2.34. The Kier molecular flexibility index (Phi) is 6.79. The molecule has 0 saturated carbocycles. The van der Waals surface area contributed by atoms with Gasteiger partial charge >= 0.3 is 0 Å². The number of amides is 1. The van der Waals surface area contributed by atoms with Crippen molar-refractivity contribution >= 4 is 34.6 Å². The lowest BCUT2D eigenvalue weighted by molar-refractivity contribution is -0.113. The van der Waals surface area contributed by atoms with Gasteiger partial charge in [0.15, 0.2) is 5.11 Å². The van der Waals surface area contributed by atoms with Gasteiger partial charge in [0, 0.05) is 23.1 Å². The number of nitrogens with one attached hydrogen (secondary N) is 2. The normalized spacial score (nSPS) is 15.6. The van der Waals surface area contributed by atoms with Crippen molar-refractivity contribution in [1.29, 1.82) is 0 Å². The van der Waals surface area contributed by atoms with Crippen LogP contribution in [-0.4, -0.2) is 25.2 Å². The molecule has 1 aliphatic heterocycles. The lowest BCUT2D eigenvalue weighted by atomic mass is 9.94. The highest BCUT2D eigenvalue weighted by molar-refractivity contribution is 7.80. The number of benzene rings is 3. The van der Waals surface area contributed by atoms with Crippen molar-refractivity contribution in [3.05, 3.63) is 95.4 Å². The molecule has 1 aliphatic rings. The highest BCUT2D eigenvalue weighted by atomic mass is 32.1. The number of carbonyl (C=O) groups excluding carboxylic acids is 1. The SMILES string of the molecule is COc1ccc(N2C(=S)NC(c3ccc(F)cc3)C(C(=O)Nc3cccc(OC)c3)=C2C)cc1. The molecule has 8 heteroatoms. The summed E-state index contributed by atoms with van der Waals surface area (Å²) >= 11 is 5.68. The van der Waals surface area contributed by atoms with Crippen LogP contribution in [0.3, 0.4) is 0 Å². The van der Waals surface area contributed by atoms with Gasteiger partial charge in [-0.25, -0.2) is 4.39 Å². The largest absolute Gasteiger partial charge is 0.497 e. The van der Waals surface area contributed by atoms with E-state index in [-0.39, 0.29) is 11.7 Å². The zero-order valence-electron chi connectivity index (χ0n) is 19.0. The van der Waals surface area contributed by atoms with E-state index in [0.717, 1.165) is 5.69 Å². The van der Waals surface area contributed by atoms with Crippen molar-refractivity contribution in [3.8, 4) is 11.5 Å². The predicted molar refractivity (Wildman–Crippen MR) is 135 cm³/mol. The fourth-order valence-electron chi connectivity index (χ4n) is 3.88. The Hall–Kier alpha value is -3.91. The van der Waals surface area contributed by atoms with E-state index >= 15 is 0 Å². The molecule has 0 radical (unpaired) electrons. The van der Waals surface area contributed by atoms with Crippen LogP contribution in [0.2, 0.25) is 0 Å². The Labute approximate surface area is 203 Å². The number of rotatable bonds is 6. The van der Waals surface area contributed by atoms with Crippen LogP contribution in [-0.2, 0) is 4.79 Å². The summed E-state index contributed by atoms with van der Waals surface area (Å²) in [5.74, 6) is 0.668. The smallest absolute Gasteiger partial charge is 0.255 e. The average molecular weight is 478 g/mol. The molecule has 0 fully saturated rings. The van der Waals surface area contributed by atoms with Crippen LogP contribution >= 0.6 is 12.2 Å². The molecule has 0 spiro atoms. The van der Waals surface area contributed by atoms with E-state index in [2.05, 4.69) is 10.6 Å². The summed E-state index contributed by atoms with van der Waals surface area (Å²) in [5, 5.41) is 6.64. The van der Waals surface area contributed by atoms with Gasteiger partial charge in [-0.05, 0) is 73.2 Å². The number of hydrogen-bond acceptors (Lipinski definition) is 4. The second-order valence-electron chi connectivity index (χ2n) is 7.65. The van der Waals surface area contributed by atoms with Crippen LogP contribution in [0, 0.1) is 5.82 Å². The van der Waals surface area contributed by atoms with Gasteiger partial charge in [-0.2, -0.15) is 0 Å². The van der Waals surface area contributed by atoms with E-state index in [1.54, 1.807) is 55.5 Å². The molecule has 4 rings (SSSR count). The second-order valence-corrected chi connectivity index (χ2v) is 8.04. The van der Waals surface area contributed by atoms with Gasteiger partial charge in [0.2, 0.25) is 0 Å². The molecular formula is C26H24FN3O3S. The summed E-state index contributed by atoms with van der Waals surface area (Å²) in [6.07, 6.45) is 0. The molecule has 1 amide bonds. The third kappa shape index (κ3) is 4.72. The first kappa shape index (κ1) is 23.3. The van der Waals surface area contributed by atoms with E-state index in [9.17, 15) is 9.18 Å². The molecule has 0 aliphatic carbocycles. The molecule has 6 nitrogen and oxygen atoms in total. The molecule has 174 valence electrons. The number of carbonyl (C=O) groups is 1. The quantitative estimate of drug-likeness (QED) is 0.477. The standard InChI is InChI=1S/C26H24FN3O3S/c1-16-23(25(31)28-19-5-4-6-22(15-19)33-3)24(17-7-9-18(27)10-8-17)29-26(34)30(16)20-11-13-21(32-2)14-12-20/h4-15,24H,1-3H3,(H,28,31)(H,29,34). The van der Waals surface area contributed by atoms with Crippen molar-refractivity contribution < 1.29 is 18.7 Å². The Morgan fingerprint density at radius 3 is 2.32 bits per heavy atom. The van der Waals surface area contributed by atoms with Gasteiger partial charge in [0.1, 0.15) is 17.3 Å².